The molecule has 2 aromatic carbocycles. The maximum atomic E-state index is 13.8. The summed E-state index contributed by atoms with van der Waals surface area (Å²) in [6, 6.07) is 4.67. The van der Waals surface area contributed by atoms with Gasteiger partial charge in [0.2, 0.25) is 0 Å². The van der Waals surface area contributed by atoms with Crippen LogP contribution in [-0.4, -0.2) is 0 Å². The van der Waals surface area contributed by atoms with Crippen molar-refractivity contribution in [1.82, 2.24) is 0 Å². The predicted molar refractivity (Wildman–Crippen MR) is 65.9 cm³/mol. The van der Waals surface area contributed by atoms with Crippen LogP contribution in [0.4, 0.5) is 27.6 Å². The molecule has 0 fully saturated rings. The molecule has 1 nitrogen and oxygen atoms in total. The molecule has 2 rings (SSSR count). The van der Waals surface area contributed by atoms with Crippen LogP contribution >= 0.6 is 0 Å². The number of hydrogen-bond donors (Lipinski definition) is 1. The number of halogens is 5. The number of anilines is 1. The highest BCUT2D eigenvalue weighted by molar-refractivity contribution is 5.70. The van der Waals surface area contributed by atoms with Crippen molar-refractivity contribution in [3.8, 4) is 11.1 Å². The fraction of sp³-hybridized carbons (Fsp3) is 0.143. The van der Waals surface area contributed by atoms with Crippen molar-refractivity contribution in [3.05, 3.63) is 53.1 Å². The van der Waals surface area contributed by atoms with E-state index in [9.17, 15) is 22.0 Å². The molecule has 0 radical (unpaired) electrons. The molecule has 0 aliphatic carbocycles. The Morgan fingerprint density at radius 1 is 0.950 bits per heavy atom. The largest absolute Gasteiger partial charge is 0.419 e. The molecule has 0 aliphatic rings. The Labute approximate surface area is 111 Å². The number of nitrogen functional groups attached to an aromatic ring is 1. The highest BCUT2D eigenvalue weighted by Gasteiger charge is 2.34. The Bertz CT molecular complexity index is 661. The Hall–Kier alpha value is -2.11. The van der Waals surface area contributed by atoms with Crippen molar-refractivity contribution < 1.29 is 22.0 Å². The van der Waals surface area contributed by atoms with Gasteiger partial charge in [0.15, 0.2) is 0 Å². The van der Waals surface area contributed by atoms with Gasteiger partial charge in [-0.05, 0) is 42.3 Å². The van der Waals surface area contributed by atoms with Crippen molar-refractivity contribution in [1.29, 1.82) is 0 Å². The van der Waals surface area contributed by atoms with Crippen LogP contribution in [0.3, 0.4) is 0 Å². The lowest BCUT2D eigenvalue weighted by atomic mass is 10.0. The van der Waals surface area contributed by atoms with Crippen molar-refractivity contribution in [3.63, 3.8) is 0 Å². The van der Waals surface area contributed by atoms with Crippen LogP contribution in [0, 0.1) is 18.6 Å². The number of aryl methyl sites for hydroxylation is 1. The number of alkyl halides is 3. The van der Waals surface area contributed by atoms with E-state index in [0.29, 0.717) is 17.7 Å². The molecule has 6 heteroatoms. The van der Waals surface area contributed by atoms with E-state index in [1.807, 2.05) is 0 Å². The maximum Gasteiger partial charge on any atom is 0.419 e. The van der Waals surface area contributed by atoms with Gasteiger partial charge in [0.1, 0.15) is 11.6 Å². The molecule has 0 spiro atoms. The number of hydrogen-bond acceptors (Lipinski definition) is 1. The van der Waals surface area contributed by atoms with Crippen LogP contribution in [-0.2, 0) is 6.18 Å². The monoisotopic (exact) mass is 287 g/mol. The van der Waals surface area contributed by atoms with E-state index in [4.69, 9.17) is 5.73 Å². The van der Waals surface area contributed by atoms with Crippen LogP contribution in [0.25, 0.3) is 11.1 Å². The molecule has 0 atom stereocenters. The lowest BCUT2D eigenvalue weighted by Crippen LogP contribution is -2.08. The van der Waals surface area contributed by atoms with E-state index < -0.39 is 23.4 Å². The van der Waals surface area contributed by atoms with Crippen LogP contribution < -0.4 is 5.73 Å². The van der Waals surface area contributed by atoms with Gasteiger partial charge in [-0.25, -0.2) is 8.78 Å². The molecular formula is C14H10F5N. The van der Waals surface area contributed by atoms with Gasteiger partial charge in [-0.3, -0.25) is 0 Å². The van der Waals surface area contributed by atoms with Gasteiger partial charge in [-0.1, -0.05) is 6.07 Å². The second-order valence-corrected chi connectivity index (χ2v) is 4.38. The van der Waals surface area contributed by atoms with Gasteiger partial charge in [0.25, 0.3) is 0 Å². The Kier molecular flexibility index (Phi) is 3.41. The van der Waals surface area contributed by atoms with Crippen LogP contribution in [0.5, 0.6) is 0 Å². The van der Waals surface area contributed by atoms with Gasteiger partial charge in [-0.15, -0.1) is 0 Å². The fourth-order valence-corrected chi connectivity index (χ4v) is 1.82. The topological polar surface area (TPSA) is 26.0 Å². The normalized spacial score (nSPS) is 11.7. The highest BCUT2D eigenvalue weighted by atomic mass is 19.4. The van der Waals surface area contributed by atoms with E-state index in [1.165, 1.54) is 6.07 Å². The van der Waals surface area contributed by atoms with Gasteiger partial charge < -0.3 is 5.73 Å². The molecule has 0 amide bonds. The van der Waals surface area contributed by atoms with Gasteiger partial charge >= 0.3 is 6.18 Å². The Morgan fingerprint density at radius 2 is 1.60 bits per heavy atom. The Balaban J connectivity index is 2.55. The SMILES string of the molecule is Cc1cc(F)c(-c2ccc(C(F)(F)F)c(F)c2)cc1N. The standard InChI is InChI=1S/C14H10F5N/c1-7-4-11(15)9(6-13(7)20)8-2-3-10(12(16)5-8)14(17,18)19/h2-6H,20H2,1H3. The van der Waals surface area contributed by atoms with Gasteiger partial charge in [-0.2, -0.15) is 13.2 Å². The molecular weight excluding hydrogens is 277 g/mol. The second-order valence-electron chi connectivity index (χ2n) is 4.38. The summed E-state index contributed by atoms with van der Waals surface area (Å²) in [5.74, 6) is -2.12. The van der Waals surface area contributed by atoms with Gasteiger partial charge in [0, 0.05) is 11.3 Å². The molecule has 0 aromatic heterocycles. The minimum absolute atomic E-state index is 0.000278. The number of rotatable bonds is 1. The summed E-state index contributed by atoms with van der Waals surface area (Å²) in [6.07, 6.45) is -4.78. The minimum Gasteiger partial charge on any atom is -0.398 e. The van der Waals surface area contributed by atoms with Gasteiger partial charge in [0.05, 0.1) is 5.56 Å². The molecule has 0 aliphatic heterocycles. The van der Waals surface area contributed by atoms with Crippen molar-refractivity contribution in [2.75, 3.05) is 5.73 Å². The zero-order valence-electron chi connectivity index (χ0n) is 10.4. The summed E-state index contributed by atoms with van der Waals surface area (Å²) >= 11 is 0. The maximum absolute atomic E-state index is 13.8. The quantitative estimate of drug-likeness (QED) is 0.604. The molecule has 20 heavy (non-hydrogen) atoms. The van der Waals surface area contributed by atoms with Crippen molar-refractivity contribution >= 4 is 5.69 Å². The molecule has 106 valence electrons. The average Bonchev–Trinajstić information content (AvgIpc) is 2.32. The molecule has 0 saturated heterocycles. The van der Waals surface area contributed by atoms with Crippen LogP contribution in [0.2, 0.25) is 0 Å². The average molecular weight is 287 g/mol. The molecule has 0 unspecified atom stereocenters. The molecule has 0 saturated carbocycles. The van der Waals surface area contributed by atoms with Crippen LogP contribution in [0.1, 0.15) is 11.1 Å². The van der Waals surface area contributed by atoms with E-state index in [1.54, 1.807) is 6.92 Å². The highest BCUT2D eigenvalue weighted by Crippen LogP contribution is 2.34. The molecule has 2 aromatic rings. The van der Waals surface area contributed by atoms with E-state index in [2.05, 4.69) is 0 Å². The summed E-state index contributed by atoms with van der Waals surface area (Å²) in [5.41, 5.74) is 4.97. The first-order chi connectivity index (χ1) is 9.20. The predicted octanol–water partition coefficient (Wildman–Crippen LogP) is 4.54. The molecule has 0 heterocycles. The molecule has 2 N–H and O–H groups in total. The zero-order chi connectivity index (χ0) is 15.1. The van der Waals surface area contributed by atoms with Crippen molar-refractivity contribution in [2.45, 2.75) is 13.1 Å². The first-order valence-corrected chi connectivity index (χ1v) is 5.63. The summed E-state index contributed by atoms with van der Waals surface area (Å²) in [6.45, 7) is 1.59. The lowest BCUT2D eigenvalue weighted by Gasteiger charge is -2.11. The smallest absolute Gasteiger partial charge is 0.398 e. The Morgan fingerprint density at radius 3 is 2.15 bits per heavy atom. The first-order valence-electron chi connectivity index (χ1n) is 5.63. The summed E-state index contributed by atoms with van der Waals surface area (Å²) in [7, 11) is 0. The van der Waals surface area contributed by atoms with E-state index in [-0.39, 0.29) is 16.8 Å². The zero-order valence-corrected chi connectivity index (χ0v) is 10.4. The van der Waals surface area contributed by atoms with E-state index in [0.717, 1.165) is 12.1 Å². The molecule has 0 bridgehead atoms. The number of benzene rings is 2. The lowest BCUT2D eigenvalue weighted by molar-refractivity contribution is -0.139. The summed E-state index contributed by atoms with van der Waals surface area (Å²) in [5, 5.41) is 0. The third kappa shape index (κ3) is 2.59. The first kappa shape index (κ1) is 14.3. The third-order valence-electron chi connectivity index (χ3n) is 2.94. The summed E-state index contributed by atoms with van der Waals surface area (Å²) in [4.78, 5) is 0. The third-order valence-corrected chi connectivity index (χ3v) is 2.94. The number of nitrogens with two attached hydrogens (primary N) is 1. The summed E-state index contributed by atoms with van der Waals surface area (Å²) < 4.78 is 64.6. The van der Waals surface area contributed by atoms with E-state index >= 15 is 0 Å². The van der Waals surface area contributed by atoms with Crippen LogP contribution in [0.15, 0.2) is 30.3 Å². The second kappa shape index (κ2) is 4.77. The fourth-order valence-electron chi connectivity index (χ4n) is 1.82. The minimum atomic E-state index is -4.78. The van der Waals surface area contributed by atoms with Crippen molar-refractivity contribution in [2.24, 2.45) is 0 Å².